The molecule has 0 saturated carbocycles. The molecular weight excluding hydrogens is 336 g/mol. The van der Waals surface area contributed by atoms with Gasteiger partial charge in [-0.3, -0.25) is 5.41 Å². The number of hydrogen-bond donors (Lipinski definition) is 3. The second-order valence-corrected chi connectivity index (χ2v) is 6.88. The zero-order valence-corrected chi connectivity index (χ0v) is 16.2. The van der Waals surface area contributed by atoms with Crippen LogP contribution in [0.15, 0.2) is 47.2 Å². The lowest BCUT2D eigenvalue weighted by molar-refractivity contribution is 0.647. The van der Waals surface area contributed by atoms with Gasteiger partial charge in [0.25, 0.3) is 0 Å². The van der Waals surface area contributed by atoms with Crippen molar-refractivity contribution in [2.75, 3.05) is 5.73 Å². The van der Waals surface area contributed by atoms with Crippen LogP contribution in [0.3, 0.4) is 0 Å². The van der Waals surface area contributed by atoms with Crippen LogP contribution in [0.4, 0.5) is 11.5 Å². The first-order valence-corrected chi connectivity index (χ1v) is 9.20. The molecule has 0 fully saturated rings. The molecule has 27 heavy (non-hydrogen) atoms. The van der Waals surface area contributed by atoms with Crippen LogP contribution in [0.25, 0.3) is 0 Å². The summed E-state index contributed by atoms with van der Waals surface area (Å²) >= 11 is 0. The Balaban J connectivity index is 2.29. The van der Waals surface area contributed by atoms with Gasteiger partial charge in [-0.25, -0.2) is 15.0 Å². The Morgan fingerprint density at radius 1 is 1.30 bits per heavy atom. The number of allylic oxidation sites excluding steroid dienone is 1. The number of hydrogen-bond acceptors (Lipinski definition) is 6. The van der Waals surface area contributed by atoms with E-state index >= 15 is 0 Å². The van der Waals surface area contributed by atoms with E-state index in [1.807, 2.05) is 18.2 Å². The molecule has 0 aliphatic heterocycles. The molecular formula is C21H28N6. The lowest BCUT2D eigenvalue weighted by Crippen LogP contribution is -2.10. The van der Waals surface area contributed by atoms with Gasteiger partial charge in [0.2, 0.25) is 0 Å². The van der Waals surface area contributed by atoms with Crippen molar-refractivity contribution in [3.8, 4) is 0 Å². The monoisotopic (exact) mass is 364 g/mol. The first-order valence-electron chi connectivity index (χ1n) is 9.20. The summed E-state index contributed by atoms with van der Waals surface area (Å²) in [5, 5.41) is 8.52. The van der Waals surface area contributed by atoms with Crippen LogP contribution in [0.5, 0.6) is 0 Å². The van der Waals surface area contributed by atoms with Gasteiger partial charge in [-0.05, 0) is 48.2 Å². The predicted molar refractivity (Wildman–Crippen MR) is 113 cm³/mol. The molecule has 5 N–H and O–H groups in total. The lowest BCUT2D eigenvalue weighted by Gasteiger charge is -2.11. The van der Waals surface area contributed by atoms with Gasteiger partial charge in [-0.2, -0.15) is 0 Å². The highest BCUT2D eigenvalue weighted by Crippen LogP contribution is 2.20. The molecule has 2 rings (SSSR count). The number of benzene rings is 1. The number of aliphatic imine (C=N–C) groups is 1. The van der Waals surface area contributed by atoms with Gasteiger partial charge in [0.1, 0.15) is 5.71 Å². The van der Waals surface area contributed by atoms with E-state index in [-0.39, 0.29) is 5.71 Å². The zero-order valence-electron chi connectivity index (χ0n) is 16.2. The van der Waals surface area contributed by atoms with Crippen LogP contribution in [-0.4, -0.2) is 21.9 Å². The molecule has 0 aliphatic rings. The van der Waals surface area contributed by atoms with Crippen molar-refractivity contribution in [1.82, 2.24) is 9.97 Å². The molecule has 6 nitrogen and oxygen atoms in total. The smallest absolute Gasteiger partial charge is 0.180 e. The quantitative estimate of drug-likeness (QED) is 0.485. The molecule has 1 aromatic carbocycles. The van der Waals surface area contributed by atoms with Gasteiger partial charge < -0.3 is 11.5 Å². The summed E-state index contributed by atoms with van der Waals surface area (Å²) in [4.78, 5) is 13.0. The first-order chi connectivity index (χ1) is 12.9. The lowest BCUT2D eigenvalue weighted by atomic mass is 9.98. The summed E-state index contributed by atoms with van der Waals surface area (Å²) in [5.41, 5.74) is 15.2. The third-order valence-electron chi connectivity index (χ3n) is 4.01. The van der Waals surface area contributed by atoms with Gasteiger partial charge in [-0.15, -0.1) is 0 Å². The number of rotatable bonds is 8. The average molecular weight is 364 g/mol. The molecule has 0 radical (unpaired) electrons. The van der Waals surface area contributed by atoms with Crippen molar-refractivity contribution in [2.45, 2.75) is 40.0 Å². The third kappa shape index (κ3) is 5.74. The average Bonchev–Trinajstić information content (AvgIpc) is 2.66. The molecule has 142 valence electrons. The fraction of sp³-hybridized carbons (Fsp3) is 0.333. The van der Waals surface area contributed by atoms with Crippen LogP contribution in [0.2, 0.25) is 0 Å². The normalized spacial score (nSPS) is 12.1. The Kier molecular flexibility index (Phi) is 7.23. The number of nitrogens with zero attached hydrogens (tertiary/aromatic N) is 3. The fourth-order valence-corrected chi connectivity index (χ4v) is 2.71. The zero-order chi connectivity index (χ0) is 19.8. The van der Waals surface area contributed by atoms with E-state index in [2.05, 4.69) is 35.7 Å². The van der Waals surface area contributed by atoms with Gasteiger partial charge >= 0.3 is 0 Å². The summed E-state index contributed by atoms with van der Waals surface area (Å²) in [6.07, 6.45) is 7.63. The van der Waals surface area contributed by atoms with E-state index in [1.54, 1.807) is 24.7 Å². The number of nitrogens with two attached hydrogens (primary N) is 2. The summed E-state index contributed by atoms with van der Waals surface area (Å²) in [6.45, 7) is 6.41. The summed E-state index contributed by atoms with van der Waals surface area (Å²) in [5.74, 6) is 1.31. The van der Waals surface area contributed by atoms with Crippen molar-refractivity contribution in [3.05, 3.63) is 59.2 Å². The molecule has 0 atom stereocenters. The molecule has 0 spiro atoms. The SMILES string of the molecule is CCCC(C=Nc1ccnc(C(=N)c2cc(CC(C)C)ccc2N)n1)=CN. The topological polar surface area (TPSA) is 114 Å². The molecule has 0 saturated heterocycles. The minimum atomic E-state index is 0.193. The van der Waals surface area contributed by atoms with Crippen molar-refractivity contribution in [3.63, 3.8) is 0 Å². The highest BCUT2D eigenvalue weighted by atomic mass is 15.0. The van der Waals surface area contributed by atoms with E-state index in [0.717, 1.165) is 30.4 Å². The minimum absolute atomic E-state index is 0.193. The van der Waals surface area contributed by atoms with Crippen molar-refractivity contribution in [1.29, 1.82) is 5.41 Å². The Labute approximate surface area is 161 Å². The van der Waals surface area contributed by atoms with E-state index in [1.165, 1.54) is 0 Å². The molecule has 1 aromatic heterocycles. The van der Waals surface area contributed by atoms with Crippen LogP contribution < -0.4 is 11.5 Å². The van der Waals surface area contributed by atoms with Crippen molar-refractivity contribution in [2.24, 2.45) is 16.6 Å². The van der Waals surface area contributed by atoms with Crippen LogP contribution in [0.1, 0.15) is 50.6 Å². The van der Waals surface area contributed by atoms with Crippen LogP contribution in [0, 0.1) is 11.3 Å². The summed E-state index contributed by atoms with van der Waals surface area (Å²) in [6, 6.07) is 7.49. The molecule has 1 heterocycles. The fourth-order valence-electron chi connectivity index (χ4n) is 2.71. The van der Waals surface area contributed by atoms with Crippen molar-refractivity contribution < 1.29 is 0 Å². The van der Waals surface area contributed by atoms with E-state index in [9.17, 15) is 0 Å². The summed E-state index contributed by atoms with van der Waals surface area (Å²) < 4.78 is 0. The maximum atomic E-state index is 8.52. The van der Waals surface area contributed by atoms with E-state index in [0.29, 0.717) is 28.8 Å². The summed E-state index contributed by atoms with van der Waals surface area (Å²) in [7, 11) is 0. The second kappa shape index (κ2) is 9.62. The Morgan fingerprint density at radius 2 is 2.07 bits per heavy atom. The van der Waals surface area contributed by atoms with Gasteiger partial charge in [0, 0.05) is 29.7 Å². The molecule has 0 amide bonds. The molecule has 6 heteroatoms. The van der Waals surface area contributed by atoms with E-state index in [4.69, 9.17) is 16.9 Å². The van der Waals surface area contributed by atoms with Crippen LogP contribution in [-0.2, 0) is 6.42 Å². The van der Waals surface area contributed by atoms with Gasteiger partial charge in [-0.1, -0.05) is 33.3 Å². The third-order valence-corrected chi connectivity index (χ3v) is 4.01. The predicted octanol–water partition coefficient (Wildman–Crippen LogP) is 4.02. The van der Waals surface area contributed by atoms with E-state index < -0.39 is 0 Å². The Bertz CT molecular complexity index is 852. The minimum Gasteiger partial charge on any atom is -0.404 e. The standard InChI is InChI=1S/C21H28N6/c1-4-5-16(12-22)13-26-19-8-9-25-21(27-19)20(24)17-11-15(10-14(2)3)6-7-18(17)23/h6-9,11-14,24H,4-5,10,22-23H2,1-3H3. The largest absolute Gasteiger partial charge is 0.404 e. The number of aromatic nitrogens is 2. The number of nitrogens with one attached hydrogen (secondary N) is 1. The highest BCUT2D eigenvalue weighted by molar-refractivity contribution is 6.11. The maximum Gasteiger partial charge on any atom is 0.180 e. The first kappa shape index (κ1) is 20.3. The molecule has 0 unspecified atom stereocenters. The van der Waals surface area contributed by atoms with Gasteiger partial charge in [0.15, 0.2) is 11.6 Å². The number of nitrogen functional groups attached to an aromatic ring is 1. The second-order valence-electron chi connectivity index (χ2n) is 6.88. The van der Waals surface area contributed by atoms with Gasteiger partial charge in [0.05, 0.1) is 0 Å². The Morgan fingerprint density at radius 3 is 2.74 bits per heavy atom. The molecule has 2 aromatic rings. The van der Waals surface area contributed by atoms with Crippen LogP contribution >= 0.6 is 0 Å². The molecule has 0 aliphatic carbocycles. The number of anilines is 1. The van der Waals surface area contributed by atoms with Crippen molar-refractivity contribution >= 4 is 23.4 Å². The molecule has 0 bridgehead atoms. The Hall–Kier alpha value is -3.02. The maximum absolute atomic E-state index is 8.52. The highest BCUT2D eigenvalue weighted by Gasteiger charge is 2.13.